The number of anilines is 1. The Balaban J connectivity index is 1.98. The van der Waals surface area contributed by atoms with Crippen molar-refractivity contribution < 1.29 is 17.9 Å². The molecule has 2 rings (SSSR count). The third-order valence-corrected chi connectivity index (χ3v) is 4.67. The van der Waals surface area contributed by atoms with Gasteiger partial charge in [-0.15, -0.1) is 0 Å². The van der Waals surface area contributed by atoms with Crippen molar-refractivity contribution in [2.24, 2.45) is 0 Å². The van der Waals surface area contributed by atoms with Gasteiger partial charge in [-0.2, -0.15) is 0 Å². The van der Waals surface area contributed by atoms with E-state index in [1.54, 1.807) is 12.1 Å². The molecule has 22 heavy (non-hydrogen) atoms. The summed E-state index contributed by atoms with van der Waals surface area (Å²) in [6.07, 6.45) is 0.200. The molecule has 1 fully saturated rings. The Morgan fingerprint density at radius 1 is 1.36 bits per heavy atom. The van der Waals surface area contributed by atoms with Crippen molar-refractivity contribution >= 4 is 21.6 Å². The third-order valence-electron chi connectivity index (χ3n) is 3.19. The average Bonchev–Trinajstić information content (AvgIpc) is 2.54. The van der Waals surface area contributed by atoms with Crippen LogP contribution < -0.4 is 15.4 Å². The van der Waals surface area contributed by atoms with Crippen LogP contribution in [0.3, 0.4) is 0 Å². The van der Waals surface area contributed by atoms with Crippen molar-refractivity contribution in [2.75, 3.05) is 31.6 Å². The van der Waals surface area contributed by atoms with Gasteiger partial charge in [-0.1, -0.05) is 6.92 Å². The SMILES string of the molecule is CCCNS(=O)(=O)c1ccc(NC(=O)C2CNCCO2)cc1. The van der Waals surface area contributed by atoms with Gasteiger partial charge in [0.2, 0.25) is 10.0 Å². The van der Waals surface area contributed by atoms with E-state index in [1.165, 1.54) is 12.1 Å². The number of hydrogen-bond acceptors (Lipinski definition) is 5. The van der Waals surface area contributed by atoms with Gasteiger partial charge in [-0.25, -0.2) is 13.1 Å². The molecule has 0 aromatic heterocycles. The predicted molar refractivity (Wildman–Crippen MR) is 83.2 cm³/mol. The Bertz CT molecular complexity index is 595. The van der Waals surface area contributed by atoms with Crippen molar-refractivity contribution in [3.8, 4) is 0 Å². The van der Waals surface area contributed by atoms with Gasteiger partial charge >= 0.3 is 0 Å². The highest BCUT2D eigenvalue weighted by molar-refractivity contribution is 7.89. The molecule has 1 aromatic carbocycles. The molecule has 1 amide bonds. The summed E-state index contributed by atoms with van der Waals surface area (Å²) in [5.41, 5.74) is 0.536. The lowest BCUT2D eigenvalue weighted by Gasteiger charge is -2.22. The second-order valence-corrected chi connectivity index (χ2v) is 6.74. The van der Waals surface area contributed by atoms with Gasteiger partial charge in [0, 0.05) is 25.3 Å². The molecule has 0 saturated carbocycles. The first-order valence-electron chi connectivity index (χ1n) is 7.26. The molecule has 0 spiro atoms. The smallest absolute Gasteiger partial charge is 0.254 e. The molecule has 1 unspecified atom stereocenters. The van der Waals surface area contributed by atoms with Crippen LogP contribution in [-0.4, -0.2) is 46.7 Å². The van der Waals surface area contributed by atoms with Crippen LogP contribution >= 0.6 is 0 Å². The molecule has 0 radical (unpaired) electrons. The van der Waals surface area contributed by atoms with E-state index in [0.29, 0.717) is 25.4 Å². The maximum absolute atomic E-state index is 12.0. The highest BCUT2D eigenvalue weighted by atomic mass is 32.2. The molecule has 1 aromatic rings. The van der Waals surface area contributed by atoms with E-state index < -0.39 is 16.1 Å². The van der Waals surface area contributed by atoms with Gasteiger partial charge < -0.3 is 15.4 Å². The molecule has 0 aliphatic carbocycles. The maximum Gasteiger partial charge on any atom is 0.254 e. The number of morpholine rings is 1. The van der Waals surface area contributed by atoms with Crippen LogP contribution in [0.1, 0.15) is 13.3 Å². The minimum Gasteiger partial charge on any atom is -0.366 e. The van der Waals surface area contributed by atoms with Crippen molar-refractivity contribution in [3.63, 3.8) is 0 Å². The lowest BCUT2D eigenvalue weighted by atomic mass is 10.2. The van der Waals surface area contributed by atoms with Gasteiger partial charge in [0.15, 0.2) is 0 Å². The van der Waals surface area contributed by atoms with E-state index in [0.717, 1.165) is 13.0 Å². The fourth-order valence-electron chi connectivity index (χ4n) is 1.99. The highest BCUT2D eigenvalue weighted by Gasteiger charge is 2.21. The highest BCUT2D eigenvalue weighted by Crippen LogP contribution is 2.14. The summed E-state index contributed by atoms with van der Waals surface area (Å²) in [7, 11) is -3.49. The quantitative estimate of drug-likeness (QED) is 0.698. The molecule has 1 aliphatic rings. The Kier molecular flexibility index (Phi) is 5.90. The molecule has 8 heteroatoms. The van der Waals surface area contributed by atoms with Crippen LogP contribution in [0.2, 0.25) is 0 Å². The molecule has 7 nitrogen and oxygen atoms in total. The normalized spacial score (nSPS) is 18.9. The molecular weight excluding hydrogens is 306 g/mol. The first kappa shape index (κ1) is 16.9. The second-order valence-electron chi connectivity index (χ2n) is 4.97. The zero-order chi connectivity index (χ0) is 16.0. The fourth-order valence-corrected chi connectivity index (χ4v) is 3.13. The monoisotopic (exact) mass is 327 g/mol. The molecule has 1 aliphatic heterocycles. The number of ether oxygens (including phenoxy) is 1. The van der Waals surface area contributed by atoms with E-state index >= 15 is 0 Å². The standard InChI is InChI=1S/C14H21N3O4S/c1-2-7-16-22(19,20)12-5-3-11(4-6-12)17-14(18)13-10-15-8-9-21-13/h3-6,13,15-16H,2,7-10H2,1H3,(H,17,18). The number of carbonyl (C=O) groups is 1. The minimum atomic E-state index is -3.49. The zero-order valence-electron chi connectivity index (χ0n) is 12.5. The van der Waals surface area contributed by atoms with E-state index in [1.807, 2.05) is 6.92 Å². The molecule has 1 heterocycles. The fraction of sp³-hybridized carbons (Fsp3) is 0.500. The summed E-state index contributed by atoms with van der Waals surface area (Å²) >= 11 is 0. The number of hydrogen-bond donors (Lipinski definition) is 3. The van der Waals surface area contributed by atoms with Crippen LogP contribution in [-0.2, 0) is 19.6 Å². The lowest BCUT2D eigenvalue weighted by molar-refractivity contribution is -0.128. The van der Waals surface area contributed by atoms with E-state index in [9.17, 15) is 13.2 Å². The number of benzene rings is 1. The van der Waals surface area contributed by atoms with Crippen LogP contribution in [0, 0.1) is 0 Å². The van der Waals surface area contributed by atoms with Crippen LogP contribution in [0.5, 0.6) is 0 Å². The Morgan fingerprint density at radius 2 is 2.09 bits per heavy atom. The Labute approximate surface area is 130 Å². The average molecular weight is 327 g/mol. The van der Waals surface area contributed by atoms with Gasteiger partial charge in [-0.05, 0) is 30.7 Å². The summed E-state index contributed by atoms with van der Waals surface area (Å²) < 4.78 is 31.7. The van der Waals surface area contributed by atoms with E-state index in [4.69, 9.17) is 4.74 Å². The molecule has 1 saturated heterocycles. The predicted octanol–water partition coefficient (Wildman–Crippen LogP) is 0.302. The summed E-state index contributed by atoms with van der Waals surface area (Å²) in [5, 5.41) is 5.79. The van der Waals surface area contributed by atoms with Crippen LogP contribution in [0.15, 0.2) is 29.2 Å². The van der Waals surface area contributed by atoms with Crippen LogP contribution in [0.25, 0.3) is 0 Å². The van der Waals surface area contributed by atoms with Gasteiger partial charge in [0.05, 0.1) is 11.5 Å². The van der Waals surface area contributed by atoms with Crippen LogP contribution in [0.4, 0.5) is 5.69 Å². The van der Waals surface area contributed by atoms with Gasteiger partial charge in [-0.3, -0.25) is 4.79 Å². The second kappa shape index (κ2) is 7.68. The summed E-state index contributed by atoms with van der Waals surface area (Å²) in [5.74, 6) is -0.244. The Morgan fingerprint density at radius 3 is 2.68 bits per heavy atom. The largest absolute Gasteiger partial charge is 0.366 e. The minimum absolute atomic E-state index is 0.175. The number of nitrogens with one attached hydrogen (secondary N) is 3. The molecule has 1 atom stereocenters. The number of sulfonamides is 1. The van der Waals surface area contributed by atoms with Gasteiger partial charge in [0.1, 0.15) is 6.10 Å². The summed E-state index contributed by atoms with van der Waals surface area (Å²) in [6, 6.07) is 6.06. The lowest BCUT2D eigenvalue weighted by Crippen LogP contribution is -2.45. The van der Waals surface area contributed by atoms with Crippen molar-refractivity contribution in [1.29, 1.82) is 0 Å². The van der Waals surface area contributed by atoms with Gasteiger partial charge in [0.25, 0.3) is 5.91 Å². The topological polar surface area (TPSA) is 96.5 Å². The number of amides is 1. The molecular formula is C14H21N3O4S. The molecule has 3 N–H and O–H groups in total. The molecule has 122 valence electrons. The van der Waals surface area contributed by atoms with E-state index in [2.05, 4.69) is 15.4 Å². The zero-order valence-corrected chi connectivity index (χ0v) is 13.3. The Hall–Kier alpha value is -1.48. The van der Waals surface area contributed by atoms with Crippen molar-refractivity contribution in [3.05, 3.63) is 24.3 Å². The summed E-state index contributed by atoms with van der Waals surface area (Å²) in [4.78, 5) is 12.2. The molecule has 0 bridgehead atoms. The van der Waals surface area contributed by atoms with Crippen molar-refractivity contribution in [1.82, 2.24) is 10.0 Å². The number of carbonyl (C=O) groups excluding carboxylic acids is 1. The first-order valence-corrected chi connectivity index (χ1v) is 8.74. The van der Waals surface area contributed by atoms with Crippen molar-refractivity contribution in [2.45, 2.75) is 24.3 Å². The van der Waals surface area contributed by atoms with E-state index in [-0.39, 0.29) is 10.8 Å². The first-order chi connectivity index (χ1) is 10.5. The summed E-state index contributed by atoms with van der Waals surface area (Å²) in [6.45, 7) is 3.99. The maximum atomic E-state index is 12.0. The third kappa shape index (κ3) is 4.51. The number of rotatable bonds is 6.